The average Bonchev–Trinajstić information content (AvgIpc) is 3.25. The first-order chi connectivity index (χ1) is 15.3. The third-order valence-electron chi connectivity index (χ3n) is 4.64. The van der Waals surface area contributed by atoms with Crippen LogP contribution in [0.1, 0.15) is 9.67 Å². The molecule has 4 aromatic rings. The van der Waals surface area contributed by atoms with Gasteiger partial charge >= 0.3 is 0 Å². The Morgan fingerprint density at radius 1 is 0.969 bits per heavy atom. The van der Waals surface area contributed by atoms with Crippen molar-refractivity contribution in [1.82, 2.24) is 4.98 Å². The van der Waals surface area contributed by atoms with E-state index in [2.05, 4.69) is 5.32 Å². The minimum atomic E-state index is -3.79. The maximum absolute atomic E-state index is 13.2. The number of rotatable bonds is 6. The van der Waals surface area contributed by atoms with Crippen molar-refractivity contribution in [2.24, 2.45) is 5.14 Å². The fourth-order valence-electron chi connectivity index (χ4n) is 3.07. The number of hydrogen-bond acceptors (Lipinski definition) is 6. The molecule has 162 valence electrons. The maximum atomic E-state index is 13.2. The van der Waals surface area contributed by atoms with E-state index >= 15 is 0 Å². The maximum Gasteiger partial charge on any atom is 0.268 e. The lowest BCUT2D eigenvalue weighted by Gasteiger charge is -2.07. The number of carbonyl (C=O) groups is 1. The summed E-state index contributed by atoms with van der Waals surface area (Å²) in [5.41, 5.74) is 2.62. The van der Waals surface area contributed by atoms with Crippen LogP contribution in [0.2, 0.25) is 0 Å². The molecule has 0 saturated heterocycles. The Hall–Kier alpha value is -3.53. The Morgan fingerprint density at radius 2 is 1.69 bits per heavy atom. The van der Waals surface area contributed by atoms with Crippen LogP contribution in [-0.4, -0.2) is 26.4 Å². The molecule has 32 heavy (non-hydrogen) atoms. The molecule has 0 aliphatic carbocycles. The lowest BCUT2D eigenvalue weighted by atomic mass is 10.1. The second-order valence-corrected chi connectivity index (χ2v) is 9.38. The lowest BCUT2D eigenvalue weighted by Crippen LogP contribution is -2.11. The minimum absolute atomic E-state index is 0.0112. The number of nitrogens with two attached hydrogens (primary N) is 1. The van der Waals surface area contributed by atoms with Gasteiger partial charge in [0.15, 0.2) is 0 Å². The van der Waals surface area contributed by atoms with Crippen molar-refractivity contribution in [3.63, 3.8) is 0 Å². The number of sulfonamides is 1. The van der Waals surface area contributed by atoms with Crippen molar-refractivity contribution in [2.75, 3.05) is 12.4 Å². The smallest absolute Gasteiger partial charge is 0.268 e. The fourth-order valence-corrected chi connectivity index (χ4v) is 4.57. The monoisotopic (exact) mass is 465 g/mol. The number of carbonyl (C=O) groups excluding carboxylic acids is 1. The highest BCUT2D eigenvalue weighted by atomic mass is 32.2. The highest BCUT2D eigenvalue weighted by Crippen LogP contribution is 2.35. The molecule has 0 unspecified atom stereocenters. The summed E-state index contributed by atoms with van der Waals surface area (Å²) in [6, 6.07) is 22.6. The number of ether oxygens (including phenoxy) is 1. The van der Waals surface area contributed by atoms with Crippen LogP contribution < -0.4 is 15.2 Å². The van der Waals surface area contributed by atoms with Crippen molar-refractivity contribution in [1.29, 1.82) is 0 Å². The van der Waals surface area contributed by atoms with E-state index in [-0.39, 0.29) is 10.8 Å². The molecule has 0 radical (unpaired) electrons. The summed E-state index contributed by atoms with van der Waals surface area (Å²) >= 11 is 1.22. The Kier molecular flexibility index (Phi) is 6.04. The number of methoxy groups -OCH3 is 1. The SMILES string of the molecule is COc1cccc(NC(=O)c2sc(-c3ccc(S(N)(=O)=O)cc3)nc2-c2ccccc2)c1. The number of nitrogens with zero attached hydrogens (tertiary/aromatic N) is 1. The minimum Gasteiger partial charge on any atom is -0.497 e. The van der Waals surface area contributed by atoms with Gasteiger partial charge in [-0.3, -0.25) is 4.79 Å². The van der Waals surface area contributed by atoms with Crippen LogP contribution in [0.15, 0.2) is 83.8 Å². The van der Waals surface area contributed by atoms with E-state index in [1.807, 2.05) is 30.3 Å². The topological polar surface area (TPSA) is 111 Å². The largest absolute Gasteiger partial charge is 0.497 e. The predicted molar refractivity (Wildman–Crippen MR) is 125 cm³/mol. The van der Waals surface area contributed by atoms with Crippen molar-refractivity contribution < 1.29 is 17.9 Å². The van der Waals surface area contributed by atoms with E-state index in [1.165, 1.54) is 23.5 Å². The van der Waals surface area contributed by atoms with E-state index in [9.17, 15) is 13.2 Å². The van der Waals surface area contributed by atoms with Crippen LogP contribution in [0.4, 0.5) is 5.69 Å². The third-order valence-corrected chi connectivity index (χ3v) is 6.67. The Labute approximate surface area is 189 Å². The Balaban J connectivity index is 1.74. The first-order valence-electron chi connectivity index (χ1n) is 9.50. The molecule has 9 heteroatoms. The van der Waals surface area contributed by atoms with Gasteiger partial charge in [0.25, 0.3) is 5.91 Å². The average molecular weight is 466 g/mol. The molecule has 1 heterocycles. The molecule has 1 aromatic heterocycles. The van der Waals surface area contributed by atoms with Gasteiger partial charge in [-0.15, -0.1) is 11.3 Å². The Bertz CT molecular complexity index is 1370. The molecule has 4 rings (SSSR count). The summed E-state index contributed by atoms with van der Waals surface area (Å²) < 4.78 is 28.3. The van der Waals surface area contributed by atoms with E-state index in [0.29, 0.717) is 32.6 Å². The predicted octanol–water partition coefficient (Wildman–Crippen LogP) is 4.39. The highest BCUT2D eigenvalue weighted by Gasteiger charge is 2.21. The molecular weight excluding hydrogens is 446 g/mol. The van der Waals surface area contributed by atoms with Crippen LogP contribution in [0.25, 0.3) is 21.8 Å². The van der Waals surface area contributed by atoms with Crippen LogP contribution >= 0.6 is 11.3 Å². The summed E-state index contributed by atoms with van der Waals surface area (Å²) in [4.78, 5) is 18.3. The molecule has 0 spiro atoms. The van der Waals surface area contributed by atoms with Gasteiger partial charge in [-0.1, -0.05) is 48.5 Å². The van der Waals surface area contributed by atoms with Gasteiger partial charge in [-0.05, 0) is 24.3 Å². The molecule has 0 fully saturated rings. The fraction of sp³-hybridized carbons (Fsp3) is 0.0435. The van der Waals surface area contributed by atoms with Gasteiger partial charge in [0, 0.05) is 22.9 Å². The van der Waals surface area contributed by atoms with Crippen LogP contribution in [0, 0.1) is 0 Å². The number of hydrogen-bond donors (Lipinski definition) is 2. The summed E-state index contributed by atoms with van der Waals surface area (Å²) in [5, 5.41) is 8.66. The van der Waals surface area contributed by atoms with E-state index < -0.39 is 10.0 Å². The van der Waals surface area contributed by atoms with Gasteiger partial charge in [0.05, 0.1) is 17.7 Å². The zero-order valence-electron chi connectivity index (χ0n) is 17.0. The Morgan fingerprint density at radius 3 is 2.34 bits per heavy atom. The summed E-state index contributed by atoms with van der Waals surface area (Å²) in [7, 11) is -2.23. The summed E-state index contributed by atoms with van der Waals surface area (Å²) in [5.74, 6) is 0.327. The normalized spacial score (nSPS) is 11.2. The molecule has 3 aromatic carbocycles. The number of anilines is 1. The van der Waals surface area contributed by atoms with Gasteiger partial charge in [-0.2, -0.15) is 0 Å². The van der Waals surface area contributed by atoms with Gasteiger partial charge < -0.3 is 10.1 Å². The molecule has 1 amide bonds. The molecule has 0 saturated carbocycles. The lowest BCUT2D eigenvalue weighted by molar-refractivity contribution is 0.103. The molecule has 3 N–H and O–H groups in total. The summed E-state index contributed by atoms with van der Waals surface area (Å²) in [6.07, 6.45) is 0. The first-order valence-corrected chi connectivity index (χ1v) is 11.9. The van der Waals surface area contributed by atoms with Gasteiger partial charge in [-0.25, -0.2) is 18.5 Å². The number of benzene rings is 3. The van der Waals surface area contributed by atoms with E-state index in [1.54, 1.807) is 43.5 Å². The molecule has 0 aliphatic rings. The van der Waals surface area contributed by atoms with Crippen LogP contribution in [0.5, 0.6) is 5.75 Å². The van der Waals surface area contributed by atoms with Crippen molar-refractivity contribution in [2.45, 2.75) is 4.90 Å². The standard InChI is InChI=1S/C23H19N3O4S2/c1-30-18-9-5-8-17(14-18)25-22(27)21-20(15-6-3-2-4-7-15)26-23(31-21)16-10-12-19(13-11-16)32(24,28)29/h2-14H,1H3,(H,25,27)(H2,24,28,29). The van der Waals surface area contributed by atoms with Gasteiger partial charge in [0.2, 0.25) is 10.0 Å². The van der Waals surface area contributed by atoms with Crippen molar-refractivity contribution in [3.8, 4) is 27.6 Å². The van der Waals surface area contributed by atoms with E-state index in [4.69, 9.17) is 14.9 Å². The second kappa shape index (κ2) is 8.91. The number of primary sulfonamides is 1. The molecule has 0 atom stereocenters. The van der Waals surface area contributed by atoms with Crippen LogP contribution in [-0.2, 0) is 10.0 Å². The molecule has 0 aliphatic heterocycles. The second-order valence-electron chi connectivity index (χ2n) is 6.82. The third kappa shape index (κ3) is 4.70. The zero-order chi connectivity index (χ0) is 22.7. The number of nitrogens with one attached hydrogen (secondary N) is 1. The number of thiazole rings is 1. The quantitative estimate of drug-likeness (QED) is 0.439. The number of amides is 1. The van der Waals surface area contributed by atoms with E-state index in [0.717, 1.165) is 5.56 Å². The highest BCUT2D eigenvalue weighted by molar-refractivity contribution is 7.89. The zero-order valence-corrected chi connectivity index (χ0v) is 18.6. The first kappa shape index (κ1) is 21.7. The van der Waals surface area contributed by atoms with Crippen molar-refractivity contribution in [3.05, 3.63) is 83.7 Å². The molecule has 0 bridgehead atoms. The molecule has 7 nitrogen and oxygen atoms in total. The van der Waals surface area contributed by atoms with Crippen LogP contribution in [0.3, 0.4) is 0 Å². The summed E-state index contributed by atoms with van der Waals surface area (Å²) in [6.45, 7) is 0. The van der Waals surface area contributed by atoms with Gasteiger partial charge in [0.1, 0.15) is 15.6 Å². The number of aromatic nitrogens is 1. The van der Waals surface area contributed by atoms with Crippen molar-refractivity contribution >= 4 is 33.0 Å². The molecular formula is C23H19N3O4S2.